The minimum atomic E-state index is -0.704. The fourth-order valence-corrected chi connectivity index (χ4v) is 4.36. The molecule has 1 N–H and O–H groups in total. The fraction of sp³-hybridized carbons (Fsp3) is 0.571. The molecule has 1 saturated carbocycles. The molecule has 0 aromatic heterocycles. The molecule has 1 aliphatic carbocycles. The summed E-state index contributed by atoms with van der Waals surface area (Å²) in [6.07, 6.45) is 10.8. The van der Waals surface area contributed by atoms with Crippen molar-refractivity contribution in [3.63, 3.8) is 0 Å². The maximum atomic E-state index is 12.6. The van der Waals surface area contributed by atoms with Crippen LogP contribution in [0, 0.1) is 5.92 Å². The molecule has 2 aliphatic rings. The third-order valence-electron chi connectivity index (χ3n) is 5.56. The van der Waals surface area contributed by atoms with Gasteiger partial charge in [-0.25, -0.2) is 4.79 Å². The highest BCUT2D eigenvalue weighted by molar-refractivity contribution is 5.88. The van der Waals surface area contributed by atoms with Gasteiger partial charge >= 0.3 is 5.97 Å². The molecule has 0 amide bonds. The van der Waals surface area contributed by atoms with Crippen LogP contribution in [0.1, 0.15) is 63.0 Å². The van der Waals surface area contributed by atoms with Crippen LogP contribution in [0.15, 0.2) is 30.3 Å². The lowest BCUT2D eigenvalue weighted by molar-refractivity contribution is -0.149. The summed E-state index contributed by atoms with van der Waals surface area (Å²) in [5.74, 6) is 0.508. The Morgan fingerprint density at radius 2 is 2.04 bits per heavy atom. The molecule has 0 radical (unpaired) electrons. The number of ether oxygens (including phenoxy) is 1. The number of rotatable bonds is 4. The average Bonchev–Trinajstić information content (AvgIpc) is 2.64. The predicted molar refractivity (Wildman–Crippen MR) is 97.6 cm³/mol. The van der Waals surface area contributed by atoms with Crippen LogP contribution in [0.4, 0.5) is 0 Å². The van der Waals surface area contributed by atoms with E-state index in [1.165, 1.54) is 50.4 Å². The molecule has 3 heteroatoms. The third-order valence-corrected chi connectivity index (χ3v) is 5.56. The second kappa shape index (κ2) is 7.52. The highest BCUT2D eigenvalue weighted by atomic mass is 16.5. The molecule has 3 nitrogen and oxygen atoms in total. The van der Waals surface area contributed by atoms with Crippen molar-refractivity contribution >= 4 is 11.5 Å². The number of allylic oxidation sites excluding steroid dienone is 1. The number of hydrogen-bond donors (Lipinski definition) is 1. The van der Waals surface area contributed by atoms with Gasteiger partial charge in [-0.3, -0.25) is 5.32 Å². The zero-order valence-electron chi connectivity index (χ0n) is 14.9. The maximum Gasteiger partial charge on any atom is 0.330 e. The van der Waals surface area contributed by atoms with Crippen LogP contribution >= 0.6 is 0 Å². The van der Waals surface area contributed by atoms with Crippen molar-refractivity contribution in [3.8, 4) is 0 Å². The number of carbonyl (C=O) groups is 1. The summed E-state index contributed by atoms with van der Waals surface area (Å²) >= 11 is 0. The van der Waals surface area contributed by atoms with Gasteiger partial charge in [0.05, 0.1) is 7.11 Å². The van der Waals surface area contributed by atoms with Crippen LogP contribution in [-0.4, -0.2) is 19.6 Å². The van der Waals surface area contributed by atoms with Crippen LogP contribution in [0.2, 0.25) is 0 Å². The van der Waals surface area contributed by atoms with E-state index in [2.05, 4.69) is 36.5 Å². The van der Waals surface area contributed by atoms with Crippen LogP contribution in [0.3, 0.4) is 0 Å². The number of esters is 1. The molecule has 0 saturated heterocycles. The van der Waals surface area contributed by atoms with Gasteiger partial charge in [0, 0.05) is 6.54 Å². The summed E-state index contributed by atoms with van der Waals surface area (Å²) in [5.41, 5.74) is 2.94. The molecular weight excluding hydrogens is 298 g/mol. The van der Waals surface area contributed by atoms with Gasteiger partial charge in [-0.2, -0.15) is 0 Å². The molecule has 1 atom stereocenters. The average molecular weight is 327 g/mol. The molecule has 3 rings (SSSR count). The van der Waals surface area contributed by atoms with Crippen LogP contribution in [-0.2, 0) is 15.1 Å². The number of methoxy groups -OCH3 is 1. The van der Waals surface area contributed by atoms with Gasteiger partial charge in [0.25, 0.3) is 0 Å². The number of benzene rings is 1. The van der Waals surface area contributed by atoms with E-state index in [1.807, 2.05) is 6.07 Å². The smallest absolute Gasteiger partial charge is 0.330 e. The molecule has 0 bridgehead atoms. The SMILES string of the molecule is CCCC1(C(=O)OC)NC/C(=C\C2CCCCC2)c2ccccc21. The van der Waals surface area contributed by atoms with Crippen LogP contribution in [0.25, 0.3) is 5.57 Å². The van der Waals surface area contributed by atoms with Crippen molar-refractivity contribution in [1.82, 2.24) is 5.32 Å². The Morgan fingerprint density at radius 1 is 1.29 bits per heavy atom. The van der Waals surface area contributed by atoms with Crippen molar-refractivity contribution in [2.45, 2.75) is 57.4 Å². The van der Waals surface area contributed by atoms with Gasteiger partial charge in [-0.15, -0.1) is 0 Å². The third kappa shape index (κ3) is 3.14. The summed E-state index contributed by atoms with van der Waals surface area (Å²) in [4.78, 5) is 12.6. The molecule has 24 heavy (non-hydrogen) atoms. The van der Waals surface area contributed by atoms with Gasteiger partial charge in [0.15, 0.2) is 0 Å². The number of hydrogen-bond acceptors (Lipinski definition) is 3. The molecule has 1 aromatic carbocycles. The lowest BCUT2D eigenvalue weighted by Crippen LogP contribution is -2.53. The van der Waals surface area contributed by atoms with Crippen molar-refractivity contribution in [2.24, 2.45) is 5.92 Å². The van der Waals surface area contributed by atoms with E-state index in [9.17, 15) is 4.79 Å². The first-order chi connectivity index (χ1) is 11.7. The van der Waals surface area contributed by atoms with Crippen molar-refractivity contribution in [3.05, 3.63) is 41.5 Å². The first kappa shape index (κ1) is 17.2. The van der Waals surface area contributed by atoms with Gasteiger partial charge in [0.1, 0.15) is 5.54 Å². The largest absolute Gasteiger partial charge is 0.467 e. The monoisotopic (exact) mass is 327 g/mol. The van der Waals surface area contributed by atoms with E-state index in [-0.39, 0.29) is 5.97 Å². The van der Waals surface area contributed by atoms with Crippen LogP contribution in [0.5, 0.6) is 0 Å². The Morgan fingerprint density at radius 3 is 2.75 bits per heavy atom. The summed E-state index contributed by atoms with van der Waals surface area (Å²) in [7, 11) is 1.48. The molecule has 1 unspecified atom stereocenters. The van der Waals surface area contributed by atoms with Gasteiger partial charge < -0.3 is 4.74 Å². The highest BCUT2D eigenvalue weighted by Gasteiger charge is 2.44. The molecule has 1 aromatic rings. The lowest BCUT2D eigenvalue weighted by Gasteiger charge is -2.39. The van der Waals surface area contributed by atoms with Crippen molar-refractivity contribution < 1.29 is 9.53 Å². The van der Waals surface area contributed by atoms with E-state index in [1.54, 1.807) is 0 Å². The van der Waals surface area contributed by atoms with Crippen molar-refractivity contribution in [1.29, 1.82) is 0 Å². The second-order valence-electron chi connectivity index (χ2n) is 7.14. The summed E-state index contributed by atoms with van der Waals surface area (Å²) in [6, 6.07) is 8.35. The lowest BCUT2D eigenvalue weighted by atomic mass is 9.76. The standard InChI is InChI=1S/C21H29NO2/c1-3-13-21(20(23)24-2)19-12-8-7-11-18(19)17(15-22-21)14-16-9-5-4-6-10-16/h7-8,11-12,14,16,22H,3-6,9-10,13,15H2,1-2H3/b17-14+. The topological polar surface area (TPSA) is 38.3 Å². The first-order valence-corrected chi connectivity index (χ1v) is 9.35. The Hall–Kier alpha value is -1.61. The zero-order valence-corrected chi connectivity index (χ0v) is 14.9. The van der Waals surface area contributed by atoms with E-state index in [4.69, 9.17) is 4.74 Å². The summed E-state index contributed by atoms with van der Waals surface area (Å²) < 4.78 is 5.17. The van der Waals surface area contributed by atoms with Gasteiger partial charge in [-0.05, 0) is 41.9 Å². The molecule has 130 valence electrons. The van der Waals surface area contributed by atoms with Crippen molar-refractivity contribution in [2.75, 3.05) is 13.7 Å². The van der Waals surface area contributed by atoms with E-state index in [0.29, 0.717) is 5.92 Å². The van der Waals surface area contributed by atoms with Crippen LogP contribution < -0.4 is 5.32 Å². The van der Waals surface area contributed by atoms with E-state index < -0.39 is 5.54 Å². The molecule has 1 heterocycles. The molecular formula is C21H29NO2. The Labute approximate surface area is 145 Å². The zero-order chi connectivity index (χ0) is 17.0. The Kier molecular flexibility index (Phi) is 5.40. The minimum Gasteiger partial charge on any atom is -0.467 e. The summed E-state index contributed by atoms with van der Waals surface area (Å²) in [6.45, 7) is 2.85. The molecule has 0 spiro atoms. The van der Waals surface area contributed by atoms with E-state index in [0.717, 1.165) is 24.9 Å². The first-order valence-electron chi connectivity index (χ1n) is 9.35. The number of carbonyl (C=O) groups excluding carboxylic acids is 1. The van der Waals surface area contributed by atoms with Gasteiger partial charge in [0.2, 0.25) is 0 Å². The Bertz CT molecular complexity index is 616. The van der Waals surface area contributed by atoms with Gasteiger partial charge in [-0.1, -0.05) is 62.9 Å². The minimum absolute atomic E-state index is 0.173. The number of nitrogens with one attached hydrogen (secondary N) is 1. The molecule has 1 fully saturated rings. The highest BCUT2D eigenvalue weighted by Crippen LogP contribution is 2.39. The molecule has 1 aliphatic heterocycles. The quantitative estimate of drug-likeness (QED) is 0.832. The number of fused-ring (bicyclic) bond motifs is 1. The fourth-order valence-electron chi connectivity index (χ4n) is 4.36. The predicted octanol–water partition coefficient (Wildman–Crippen LogP) is 4.42. The maximum absolute atomic E-state index is 12.6. The normalized spacial score (nSPS) is 26.2. The Balaban J connectivity index is 2.01. The van der Waals surface area contributed by atoms with E-state index >= 15 is 0 Å². The second-order valence-corrected chi connectivity index (χ2v) is 7.14. The summed E-state index contributed by atoms with van der Waals surface area (Å²) in [5, 5.41) is 3.54.